The molecule has 1 atom stereocenters. The van der Waals surface area contributed by atoms with Gasteiger partial charge in [0.05, 0.1) is 6.20 Å². The molecule has 0 aliphatic heterocycles. The quantitative estimate of drug-likeness (QED) is 0.559. The van der Waals surface area contributed by atoms with Crippen LogP contribution in [0.25, 0.3) is 10.7 Å². The Morgan fingerprint density at radius 1 is 1.12 bits per heavy atom. The van der Waals surface area contributed by atoms with Crippen molar-refractivity contribution in [3.63, 3.8) is 0 Å². The van der Waals surface area contributed by atoms with Crippen molar-refractivity contribution in [2.24, 2.45) is 0 Å². The van der Waals surface area contributed by atoms with Crippen molar-refractivity contribution in [3.05, 3.63) is 82.8 Å². The highest BCUT2D eigenvalue weighted by molar-refractivity contribution is 7.13. The summed E-state index contributed by atoms with van der Waals surface area (Å²) in [6, 6.07) is 10.4. The maximum absolute atomic E-state index is 4.40. The summed E-state index contributed by atoms with van der Waals surface area (Å²) in [5.41, 5.74) is 5.49. The molecule has 0 bridgehead atoms. The first-order valence-electron chi connectivity index (χ1n) is 8.01. The average Bonchev–Trinajstić information content (AvgIpc) is 3.31. The largest absolute Gasteiger partial charge is 0.264 e. The lowest BCUT2D eigenvalue weighted by Gasteiger charge is -2.20. The highest BCUT2D eigenvalue weighted by Crippen LogP contribution is 2.30. The van der Waals surface area contributed by atoms with E-state index in [9.17, 15) is 0 Å². The topological polar surface area (TPSA) is 56.5 Å². The molecule has 0 saturated carbocycles. The minimum absolute atomic E-state index is 0.0742. The Labute approximate surface area is 150 Å². The molecule has 0 aliphatic carbocycles. The molecule has 0 fully saturated rings. The van der Waals surface area contributed by atoms with Crippen LogP contribution in [-0.4, -0.2) is 25.0 Å². The van der Waals surface area contributed by atoms with Crippen molar-refractivity contribution in [1.29, 1.82) is 0 Å². The molecule has 25 heavy (non-hydrogen) atoms. The lowest BCUT2D eigenvalue weighted by atomic mass is 9.94. The van der Waals surface area contributed by atoms with Gasteiger partial charge in [-0.1, -0.05) is 35.0 Å². The van der Waals surface area contributed by atoms with E-state index in [0.717, 1.165) is 16.3 Å². The van der Waals surface area contributed by atoms with Gasteiger partial charge in [-0.3, -0.25) is 4.98 Å². The molecule has 0 aliphatic rings. The summed E-state index contributed by atoms with van der Waals surface area (Å²) in [5, 5.41) is 11.5. The molecule has 0 radical (unpaired) electrons. The molecule has 4 aromatic rings. The fraction of sp³-hybridized carbons (Fsp3) is 0.158. The van der Waals surface area contributed by atoms with Crippen LogP contribution in [0.1, 0.15) is 28.3 Å². The molecule has 1 aromatic carbocycles. The summed E-state index contributed by atoms with van der Waals surface area (Å²) in [6.07, 6.45) is 7.41. The summed E-state index contributed by atoms with van der Waals surface area (Å²) in [6.45, 7) is 4.22. The molecular weight excluding hydrogens is 330 g/mol. The molecule has 0 spiro atoms. The Bertz CT molecular complexity index is 976. The Balaban J connectivity index is 1.85. The number of hydrogen-bond acceptors (Lipinski definition) is 5. The number of pyridine rings is 1. The van der Waals surface area contributed by atoms with Crippen LogP contribution < -0.4 is 0 Å². The lowest BCUT2D eigenvalue weighted by Crippen LogP contribution is -2.15. The first-order valence-corrected chi connectivity index (χ1v) is 8.89. The molecule has 0 saturated heterocycles. The van der Waals surface area contributed by atoms with Gasteiger partial charge < -0.3 is 0 Å². The summed E-state index contributed by atoms with van der Waals surface area (Å²) in [7, 11) is 0. The van der Waals surface area contributed by atoms with E-state index in [1.54, 1.807) is 23.7 Å². The van der Waals surface area contributed by atoms with Gasteiger partial charge in [0.2, 0.25) is 0 Å². The number of benzene rings is 1. The Kier molecular flexibility index (Phi) is 4.11. The van der Waals surface area contributed by atoms with Gasteiger partial charge in [-0.25, -0.2) is 9.67 Å². The van der Waals surface area contributed by atoms with Gasteiger partial charge in [-0.05, 0) is 36.6 Å². The maximum atomic E-state index is 4.40. The van der Waals surface area contributed by atoms with E-state index in [4.69, 9.17) is 0 Å². The maximum Gasteiger partial charge on any atom is 0.145 e. The van der Waals surface area contributed by atoms with Crippen LogP contribution in [0.3, 0.4) is 0 Å². The summed E-state index contributed by atoms with van der Waals surface area (Å²) in [4.78, 5) is 8.62. The first kappa shape index (κ1) is 15.7. The number of thiazole rings is 1. The predicted octanol–water partition coefficient (Wildman–Crippen LogP) is 4.05. The Morgan fingerprint density at radius 3 is 2.80 bits per heavy atom. The smallest absolute Gasteiger partial charge is 0.145 e. The monoisotopic (exact) mass is 347 g/mol. The van der Waals surface area contributed by atoms with Crippen molar-refractivity contribution >= 4 is 11.3 Å². The SMILES string of the molecule is Cc1ccc(C)c([C@@H](c2cccnc2)n2cc(-c3nccs3)nn2)c1. The molecule has 5 nitrogen and oxygen atoms in total. The zero-order valence-electron chi connectivity index (χ0n) is 14.0. The second-order valence-electron chi connectivity index (χ2n) is 5.97. The minimum Gasteiger partial charge on any atom is -0.264 e. The fourth-order valence-electron chi connectivity index (χ4n) is 2.92. The molecule has 4 rings (SSSR count). The molecule has 3 heterocycles. The van der Waals surface area contributed by atoms with Crippen LogP contribution in [0.15, 0.2) is 60.5 Å². The second-order valence-corrected chi connectivity index (χ2v) is 6.86. The standard InChI is InChI=1S/C19H17N5S/c1-13-5-6-14(2)16(10-13)18(15-4-3-7-20-11-15)24-12-17(22-23-24)19-21-8-9-25-19/h3-12,18H,1-2H3/t18-/m1/s1. The number of hydrogen-bond donors (Lipinski definition) is 0. The highest BCUT2D eigenvalue weighted by atomic mass is 32.1. The summed E-state index contributed by atoms with van der Waals surface area (Å²) in [5.74, 6) is 0. The van der Waals surface area contributed by atoms with Crippen LogP contribution in [-0.2, 0) is 0 Å². The van der Waals surface area contributed by atoms with Gasteiger partial charge in [-0.2, -0.15) is 0 Å². The second kappa shape index (κ2) is 6.57. The van der Waals surface area contributed by atoms with Crippen molar-refractivity contribution in [3.8, 4) is 10.7 Å². The number of aromatic nitrogens is 5. The van der Waals surface area contributed by atoms with Crippen LogP contribution in [0.4, 0.5) is 0 Å². The van der Waals surface area contributed by atoms with E-state index in [1.165, 1.54) is 16.7 Å². The first-order chi connectivity index (χ1) is 12.2. The normalized spacial score (nSPS) is 12.2. The third-order valence-electron chi connectivity index (χ3n) is 4.16. The molecule has 6 heteroatoms. The number of rotatable bonds is 4. The van der Waals surface area contributed by atoms with Crippen molar-refractivity contribution in [1.82, 2.24) is 25.0 Å². The van der Waals surface area contributed by atoms with E-state index in [-0.39, 0.29) is 6.04 Å². The molecule has 0 N–H and O–H groups in total. The van der Waals surface area contributed by atoms with Crippen molar-refractivity contribution in [2.75, 3.05) is 0 Å². The number of aryl methyl sites for hydroxylation is 2. The Morgan fingerprint density at radius 2 is 2.04 bits per heavy atom. The van der Waals surface area contributed by atoms with E-state index in [0.29, 0.717) is 0 Å². The zero-order valence-corrected chi connectivity index (χ0v) is 14.8. The molecule has 124 valence electrons. The van der Waals surface area contributed by atoms with Crippen molar-refractivity contribution < 1.29 is 0 Å². The van der Waals surface area contributed by atoms with Gasteiger partial charge in [0.15, 0.2) is 0 Å². The van der Waals surface area contributed by atoms with Crippen LogP contribution in [0, 0.1) is 13.8 Å². The zero-order chi connectivity index (χ0) is 17.2. The van der Waals surface area contributed by atoms with Crippen LogP contribution in [0.5, 0.6) is 0 Å². The molecule has 0 amide bonds. The van der Waals surface area contributed by atoms with Crippen LogP contribution in [0.2, 0.25) is 0 Å². The van der Waals surface area contributed by atoms with Gasteiger partial charge in [-0.15, -0.1) is 16.4 Å². The van der Waals surface area contributed by atoms with Gasteiger partial charge in [0.25, 0.3) is 0 Å². The third kappa shape index (κ3) is 3.08. The summed E-state index contributed by atoms with van der Waals surface area (Å²) >= 11 is 1.56. The fourth-order valence-corrected chi connectivity index (χ4v) is 3.50. The van der Waals surface area contributed by atoms with E-state index >= 15 is 0 Å². The molecule has 3 aromatic heterocycles. The van der Waals surface area contributed by atoms with E-state index in [2.05, 4.69) is 58.4 Å². The average molecular weight is 347 g/mol. The van der Waals surface area contributed by atoms with E-state index in [1.807, 2.05) is 28.5 Å². The minimum atomic E-state index is -0.0742. The van der Waals surface area contributed by atoms with Gasteiger partial charge in [0, 0.05) is 24.0 Å². The number of nitrogens with zero attached hydrogens (tertiary/aromatic N) is 5. The predicted molar refractivity (Wildman–Crippen MR) is 98.5 cm³/mol. The third-order valence-corrected chi connectivity index (χ3v) is 4.95. The van der Waals surface area contributed by atoms with Crippen molar-refractivity contribution in [2.45, 2.75) is 19.9 Å². The highest BCUT2D eigenvalue weighted by Gasteiger charge is 2.21. The van der Waals surface area contributed by atoms with E-state index < -0.39 is 0 Å². The molecular formula is C19H17N5S. The van der Waals surface area contributed by atoms with Gasteiger partial charge >= 0.3 is 0 Å². The summed E-state index contributed by atoms with van der Waals surface area (Å²) < 4.78 is 1.90. The lowest BCUT2D eigenvalue weighted by molar-refractivity contribution is 0.567. The Hall–Kier alpha value is -2.86. The van der Waals surface area contributed by atoms with Crippen LogP contribution >= 0.6 is 11.3 Å². The van der Waals surface area contributed by atoms with Gasteiger partial charge in [0.1, 0.15) is 16.7 Å². The molecule has 0 unspecified atom stereocenters.